The molecule has 16 nitrogen and oxygen atoms in total. The van der Waals surface area contributed by atoms with Crippen LogP contribution in [0.2, 0.25) is 0 Å². The molecular weight excluding hydrogens is 979 g/mol. The van der Waals surface area contributed by atoms with Crippen LogP contribution in [0.3, 0.4) is 0 Å². The number of rotatable bonds is 20. The van der Waals surface area contributed by atoms with Crippen LogP contribution in [0.4, 0.5) is 5.82 Å². The summed E-state index contributed by atoms with van der Waals surface area (Å²) in [7, 11) is 0. The zero-order valence-electron chi connectivity index (χ0n) is 45.3. The Bertz CT molecular complexity index is 3030. The molecule has 1 aliphatic carbocycles. The first-order valence-electron chi connectivity index (χ1n) is 26.7. The lowest BCUT2D eigenvalue weighted by Gasteiger charge is -2.35. The number of ketones is 3. The van der Waals surface area contributed by atoms with Crippen LogP contribution in [-0.4, -0.2) is 128 Å². The number of amides is 3. The molecule has 0 radical (unpaired) electrons. The van der Waals surface area contributed by atoms with E-state index in [1.165, 1.54) is 4.90 Å². The standard InChI is InChI=1S/C59H73N9O7S/c1-36(2)68-50-28-43(27-47(48(50)33-64-68)52(71)16-15-46-38(4)25-37(3)26-53(46)72)42-13-17-54(61-32-42)66-23-21-65(22-24-66)20-19-60-55(73)18-14-44(69)29-49(59(6,7)8)58(75)67-34-45(70)30-51(67)57(74)62-31-40-9-11-41(12-10-40)56-39(5)63-35-76-56/h9-13,17,25,27-28,32-33,35-36,45,49,51,70H,14-16,18-24,26,29-31,34H2,1-8H3,(H,60,73)(H,62,74)/t45-,49-,51+/m1/s1. The van der Waals surface area contributed by atoms with Gasteiger partial charge in [-0.25, -0.2) is 9.97 Å². The van der Waals surface area contributed by atoms with E-state index in [1.807, 2.05) is 106 Å². The van der Waals surface area contributed by atoms with Gasteiger partial charge in [-0.1, -0.05) is 56.7 Å². The summed E-state index contributed by atoms with van der Waals surface area (Å²) in [6, 6.07) is 15.1. The Morgan fingerprint density at radius 3 is 2.26 bits per heavy atom. The molecule has 3 N–H and O–H groups in total. The summed E-state index contributed by atoms with van der Waals surface area (Å²) in [6.07, 6.45) is 5.83. The number of aromatic nitrogens is 4. The predicted octanol–water partition coefficient (Wildman–Crippen LogP) is 8.23. The number of aryl methyl sites for hydroxylation is 1. The van der Waals surface area contributed by atoms with Gasteiger partial charge in [-0.3, -0.25) is 38.3 Å². The van der Waals surface area contributed by atoms with E-state index in [1.54, 1.807) is 17.5 Å². The SMILES string of the molecule is CC1=CC(C)=C(CCC(=O)c2cc(-c3ccc(N4CCN(CCNC(=O)CCC(=O)C[C@H](C(=O)N5C[C@H](O)C[C@H]5C(=O)NCc5ccc(-c6scnc6C)cc5)C(C)(C)C)CC4)nc3)cc3c2cnn3C(C)C)C(=O)C1. The molecule has 76 heavy (non-hydrogen) atoms. The molecule has 2 fully saturated rings. The molecular formula is C59H73N9O7S. The zero-order valence-corrected chi connectivity index (χ0v) is 46.1. The Hall–Kier alpha value is -6.69. The van der Waals surface area contributed by atoms with Crippen LogP contribution in [0.15, 0.2) is 89.2 Å². The zero-order chi connectivity index (χ0) is 54.4. The average molecular weight is 1050 g/mol. The third-order valence-electron chi connectivity index (χ3n) is 15.0. The van der Waals surface area contributed by atoms with Crippen LogP contribution in [0.1, 0.15) is 121 Å². The van der Waals surface area contributed by atoms with Gasteiger partial charge >= 0.3 is 0 Å². The number of aliphatic hydroxyl groups excluding tert-OH is 1. The quantitative estimate of drug-likeness (QED) is 0.0632. The molecule has 5 aromatic rings. The molecule has 3 aliphatic rings. The topological polar surface area (TPSA) is 200 Å². The number of β-amino-alcohol motifs (C(OH)–C–C–N with tert-alkyl or cyclic N) is 1. The van der Waals surface area contributed by atoms with E-state index < -0.39 is 23.5 Å². The smallest absolute Gasteiger partial charge is 0.243 e. The maximum Gasteiger partial charge on any atom is 0.243 e. The molecule has 402 valence electrons. The van der Waals surface area contributed by atoms with Crippen molar-refractivity contribution in [3.63, 3.8) is 0 Å². The third-order valence-corrected chi connectivity index (χ3v) is 16.0. The molecule has 2 aliphatic heterocycles. The number of fused-ring (bicyclic) bond motifs is 1. The first-order valence-corrected chi connectivity index (χ1v) is 27.5. The number of hydrogen-bond donors (Lipinski definition) is 3. The van der Waals surface area contributed by atoms with Gasteiger partial charge in [0, 0.05) is 126 Å². The number of benzene rings is 2. The largest absolute Gasteiger partial charge is 0.391 e. The number of pyridine rings is 1. The van der Waals surface area contributed by atoms with Crippen LogP contribution >= 0.6 is 11.3 Å². The Kier molecular flexibility index (Phi) is 17.6. The number of carbonyl (C=O) groups is 6. The fourth-order valence-electron chi connectivity index (χ4n) is 10.7. The van der Waals surface area contributed by atoms with Gasteiger partial charge in [-0.15, -0.1) is 11.3 Å². The summed E-state index contributed by atoms with van der Waals surface area (Å²) < 4.78 is 1.93. The molecule has 0 unspecified atom stereocenters. The van der Waals surface area contributed by atoms with E-state index in [2.05, 4.69) is 50.4 Å². The number of piperazine rings is 1. The number of anilines is 1. The molecule has 0 bridgehead atoms. The lowest BCUT2D eigenvalue weighted by Crippen LogP contribution is -2.50. The van der Waals surface area contributed by atoms with Crippen molar-refractivity contribution in [2.75, 3.05) is 50.7 Å². The van der Waals surface area contributed by atoms with Gasteiger partial charge in [-0.05, 0) is 98.6 Å². The molecule has 8 rings (SSSR count). The second-order valence-corrected chi connectivity index (χ2v) is 23.0. The number of allylic oxidation sites excluding steroid dienone is 4. The van der Waals surface area contributed by atoms with Crippen LogP contribution in [0.25, 0.3) is 32.5 Å². The van der Waals surface area contributed by atoms with Crippen molar-refractivity contribution in [2.24, 2.45) is 11.3 Å². The lowest BCUT2D eigenvalue weighted by molar-refractivity contribution is -0.146. The first-order chi connectivity index (χ1) is 36.2. The molecule has 0 saturated carbocycles. The molecule has 3 atom stereocenters. The number of nitrogens with one attached hydrogen (secondary N) is 2. The van der Waals surface area contributed by atoms with E-state index in [0.29, 0.717) is 31.5 Å². The normalized spacial score (nSPS) is 17.9. The number of carbonyl (C=O) groups excluding carboxylic acids is 6. The highest BCUT2D eigenvalue weighted by Gasteiger charge is 2.44. The second-order valence-electron chi connectivity index (χ2n) is 22.1. The van der Waals surface area contributed by atoms with Crippen LogP contribution in [0.5, 0.6) is 0 Å². The van der Waals surface area contributed by atoms with Crippen LogP contribution in [-0.2, 0) is 30.5 Å². The third kappa shape index (κ3) is 13.3. The van der Waals surface area contributed by atoms with Crippen LogP contribution < -0.4 is 15.5 Å². The van der Waals surface area contributed by atoms with Crippen molar-refractivity contribution in [2.45, 2.75) is 125 Å². The van der Waals surface area contributed by atoms with Gasteiger partial charge in [0.15, 0.2) is 11.6 Å². The fourth-order valence-corrected chi connectivity index (χ4v) is 11.5. The van der Waals surface area contributed by atoms with Crippen molar-refractivity contribution >= 4 is 63.1 Å². The van der Waals surface area contributed by atoms with E-state index in [-0.39, 0.29) is 86.3 Å². The van der Waals surface area contributed by atoms with E-state index in [0.717, 1.165) is 92.4 Å². The fraction of sp³-hybridized carbons (Fsp3) is 0.475. The molecule has 2 aromatic carbocycles. The summed E-state index contributed by atoms with van der Waals surface area (Å²) in [6.45, 7) is 20.0. The van der Waals surface area contributed by atoms with Gasteiger partial charge < -0.3 is 25.5 Å². The van der Waals surface area contributed by atoms with Gasteiger partial charge in [0.05, 0.1) is 33.9 Å². The Morgan fingerprint density at radius 1 is 0.868 bits per heavy atom. The lowest BCUT2D eigenvalue weighted by atomic mass is 9.76. The summed E-state index contributed by atoms with van der Waals surface area (Å²) >= 11 is 1.57. The minimum absolute atomic E-state index is 0.00249. The maximum absolute atomic E-state index is 14.2. The molecule has 3 amide bonds. The van der Waals surface area contributed by atoms with Gasteiger partial charge in [0.25, 0.3) is 0 Å². The van der Waals surface area contributed by atoms with Gasteiger partial charge in [0.1, 0.15) is 17.6 Å². The maximum atomic E-state index is 14.2. The number of likely N-dealkylation sites (tertiary alicyclic amines) is 1. The summed E-state index contributed by atoms with van der Waals surface area (Å²) in [5.41, 5.74) is 10.0. The highest BCUT2D eigenvalue weighted by molar-refractivity contribution is 7.13. The summed E-state index contributed by atoms with van der Waals surface area (Å²) in [5, 5.41) is 22.0. The van der Waals surface area contributed by atoms with Gasteiger partial charge in [0.2, 0.25) is 17.7 Å². The van der Waals surface area contributed by atoms with E-state index in [9.17, 15) is 33.9 Å². The van der Waals surface area contributed by atoms with Crippen molar-refractivity contribution in [1.82, 2.24) is 40.2 Å². The number of Topliss-reactive ketones (excluding diaryl/α,β-unsaturated/α-hetero) is 3. The van der Waals surface area contributed by atoms with E-state index >= 15 is 0 Å². The predicted molar refractivity (Wildman–Crippen MR) is 297 cm³/mol. The van der Waals surface area contributed by atoms with Crippen molar-refractivity contribution in [3.05, 3.63) is 106 Å². The molecule has 17 heteroatoms. The Labute approximate surface area is 450 Å². The highest BCUT2D eigenvalue weighted by Crippen LogP contribution is 2.35. The molecule has 0 spiro atoms. The highest BCUT2D eigenvalue weighted by atomic mass is 32.1. The van der Waals surface area contributed by atoms with Crippen LogP contribution in [0, 0.1) is 18.3 Å². The molecule has 5 heterocycles. The first kappa shape index (κ1) is 55.5. The van der Waals surface area contributed by atoms with Crippen molar-refractivity contribution in [1.29, 1.82) is 0 Å². The van der Waals surface area contributed by atoms with E-state index in [4.69, 9.17) is 4.98 Å². The number of thiazole rings is 1. The minimum atomic E-state index is -0.870. The Balaban J connectivity index is 0.780. The van der Waals surface area contributed by atoms with Crippen molar-refractivity contribution < 1.29 is 33.9 Å². The number of hydrogen-bond acceptors (Lipinski definition) is 13. The number of aliphatic hydroxyl groups is 1. The Morgan fingerprint density at radius 2 is 1.61 bits per heavy atom. The number of nitrogens with zero attached hydrogens (tertiary/aromatic N) is 7. The summed E-state index contributed by atoms with van der Waals surface area (Å²) in [4.78, 5) is 97.0. The second kappa shape index (κ2) is 24.1. The molecule has 3 aromatic heterocycles. The van der Waals surface area contributed by atoms with Gasteiger partial charge in [-0.2, -0.15) is 5.10 Å². The molecule has 2 saturated heterocycles. The average Bonchev–Trinajstić information content (AvgIpc) is 4.15. The van der Waals surface area contributed by atoms with Crippen molar-refractivity contribution in [3.8, 4) is 21.6 Å². The minimum Gasteiger partial charge on any atom is -0.391 e. The monoisotopic (exact) mass is 1050 g/mol. The summed E-state index contributed by atoms with van der Waals surface area (Å²) in [5.74, 6) is -0.985.